The van der Waals surface area contributed by atoms with Crippen LogP contribution in [0.25, 0.3) is 0 Å². The number of rotatable bonds is 0. The molecule has 0 aromatic heterocycles. The van der Waals surface area contributed by atoms with E-state index in [0.29, 0.717) is 0 Å². The summed E-state index contributed by atoms with van der Waals surface area (Å²) in [6.45, 7) is -0.250. The van der Waals surface area contributed by atoms with Gasteiger partial charge in [-0.15, -0.1) is 10.1 Å². The zero-order chi connectivity index (χ0) is 10.8. The van der Waals surface area contributed by atoms with Crippen LogP contribution in [0.5, 0.6) is 0 Å². The second kappa shape index (κ2) is 22.8. The molecular formula is CH14N4O9S. The number of carbonyl (C=O) groups is 1. The van der Waals surface area contributed by atoms with Crippen molar-refractivity contribution in [2.75, 3.05) is 0 Å². The topological polar surface area (TPSA) is 280 Å². The molecular weight excluding hydrogens is 244 g/mol. The van der Waals surface area contributed by atoms with Crippen LogP contribution in [0.3, 0.4) is 0 Å². The largest absolute Gasteiger partial charge is 0.483 e. The van der Waals surface area contributed by atoms with Crippen molar-refractivity contribution in [1.82, 2.24) is 18.5 Å². The molecule has 0 aromatic rings. The van der Waals surface area contributed by atoms with Gasteiger partial charge in [0.25, 0.3) is 11.6 Å². The Morgan fingerprint density at radius 1 is 1.13 bits per heavy atom. The summed E-state index contributed by atoms with van der Waals surface area (Å²) in [5, 5.41) is 20.5. The van der Waals surface area contributed by atoms with E-state index < -0.39 is 15.5 Å². The van der Waals surface area contributed by atoms with Crippen LogP contribution >= 0.6 is 0 Å². The molecule has 13 N–H and O–H groups in total. The SMILES string of the molecule is N.N.N.O=CO.O=S(=O)(O)O.O=[N+]([O-])O. The molecule has 0 saturated heterocycles. The monoisotopic (exact) mass is 258 g/mol. The highest BCUT2D eigenvalue weighted by molar-refractivity contribution is 7.79. The van der Waals surface area contributed by atoms with Gasteiger partial charge in [0.15, 0.2) is 0 Å². The minimum Gasteiger partial charge on any atom is -0.483 e. The highest BCUT2D eigenvalue weighted by Crippen LogP contribution is 1.59. The Bertz CT molecular complexity index is 198. The summed E-state index contributed by atoms with van der Waals surface area (Å²) in [7, 11) is -4.67. The molecule has 0 rings (SSSR count). The molecule has 0 heterocycles. The molecule has 0 saturated carbocycles. The Balaban J connectivity index is -0.0000000189. The van der Waals surface area contributed by atoms with E-state index in [1.54, 1.807) is 0 Å². The number of nitrogens with zero attached hydrogens (tertiary/aromatic N) is 1. The first kappa shape index (κ1) is 37.6. The van der Waals surface area contributed by atoms with Gasteiger partial charge < -0.3 is 28.8 Å². The van der Waals surface area contributed by atoms with Gasteiger partial charge in [0.1, 0.15) is 0 Å². The lowest BCUT2D eigenvalue weighted by molar-refractivity contribution is -0.742. The van der Waals surface area contributed by atoms with E-state index in [0.717, 1.165) is 0 Å². The summed E-state index contributed by atoms with van der Waals surface area (Å²) in [5.74, 6) is 0. The van der Waals surface area contributed by atoms with Gasteiger partial charge >= 0.3 is 10.4 Å². The summed E-state index contributed by atoms with van der Waals surface area (Å²) >= 11 is 0. The second-order valence-corrected chi connectivity index (χ2v) is 1.69. The van der Waals surface area contributed by atoms with Crippen LogP contribution in [0.4, 0.5) is 0 Å². The number of carboxylic acid groups (broad SMARTS) is 1. The molecule has 13 nitrogen and oxygen atoms in total. The van der Waals surface area contributed by atoms with E-state index in [1.165, 1.54) is 0 Å². The maximum absolute atomic E-state index is 8.74. The van der Waals surface area contributed by atoms with Crippen LogP contribution in [-0.2, 0) is 15.2 Å². The molecule has 98 valence electrons. The van der Waals surface area contributed by atoms with Crippen molar-refractivity contribution in [3.05, 3.63) is 10.1 Å². The van der Waals surface area contributed by atoms with E-state index in [-0.39, 0.29) is 24.9 Å². The third kappa shape index (κ3) is 540. The zero-order valence-corrected chi connectivity index (χ0v) is 8.20. The van der Waals surface area contributed by atoms with Crippen molar-refractivity contribution < 1.29 is 37.7 Å². The predicted molar refractivity (Wildman–Crippen MR) is 46.7 cm³/mol. The average Bonchev–Trinajstić information content (AvgIpc) is 1.56. The van der Waals surface area contributed by atoms with Crippen LogP contribution < -0.4 is 18.5 Å². The smallest absolute Gasteiger partial charge is 0.394 e. The summed E-state index contributed by atoms with van der Waals surface area (Å²) < 4.78 is 31.6. The lowest BCUT2D eigenvalue weighted by atomic mass is 11.7. The van der Waals surface area contributed by atoms with Crippen molar-refractivity contribution in [1.29, 1.82) is 0 Å². The van der Waals surface area contributed by atoms with Gasteiger partial charge in [-0.1, -0.05) is 0 Å². The maximum atomic E-state index is 8.74. The molecule has 0 fully saturated rings. The van der Waals surface area contributed by atoms with Crippen LogP contribution in [0.1, 0.15) is 0 Å². The Morgan fingerprint density at radius 2 is 1.13 bits per heavy atom. The van der Waals surface area contributed by atoms with Gasteiger partial charge in [-0.25, -0.2) is 0 Å². The Kier molecular flexibility index (Phi) is 57.3. The minimum absolute atomic E-state index is 0. The number of hydrogen-bond donors (Lipinski definition) is 7. The summed E-state index contributed by atoms with van der Waals surface area (Å²) in [6.07, 6.45) is 0. The van der Waals surface area contributed by atoms with Crippen molar-refractivity contribution in [3.8, 4) is 0 Å². The summed E-state index contributed by atoms with van der Waals surface area (Å²) in [4.78, 5) is 16.7. The lowest BCUT2D eigenvalue weighted by Crippen LogP contribution is -1.89. The molecule has 0 amide bonds. The molecule has 0 aliphatic rings. The van der Waals surface area contributed by atoms with Crippen molar-refractivity contribution >= 4 is 16.9 Å². The molecule has 0 radical (unpaired) electrons. The first-order chi connectivity index (χ1) is 5.15. The first-order valence-corrected chi connectivity index (χ1v) is 3.15. The molecule has 0 aliphatic carbocycles. The van der Waals surface area contributed by atoms with Crippen molar-refractivity contribution in [2.45, 2.75) is 0 Å². The highest BCUT2D eigenvalue weighted by atomic mass is 32.3. The van der Waals surface area contributed by atoms with E-state index >= 15 is 0 Å². The molecule has 0 atom stereocenters. The molecule has 0 aromatic carbocycles. The van der Waals surface area contributed by atoms with Gasteiger partial charge in [0, 0.05) is 0 Å². The molecule has 0 bridgehead atoms. The normalized spacial score (nSPS) is 6.27. The van der Waals surface area contributed by atoms with Crippen LogP contribution in [0.15, 0.2) is 0 Å². The summed E-state index contributed by atoms with van der Waals surface area (Å²) in [6, 6.07) is 0. The van der Waals surface area contributed by atoms with E-state index in [2.05, 4.69) is 0 Å². The van der Waals surface area contributed by atoms with E-state index in [4.69, 9.17) is 42.7 Å². The minimum atomic E-state index is -4.67. The van der Waals surface area contributed by atoms with E-state index in [1.807, 2.05) is 0 Å². The van der Waals surface area contributed by atoms with E-state index in [9.17, 15) is 0 Å². The number of hydrogen-bond acceptors (Lipinski definition) is 8. The lowest BCUT2D eigenvalue weighted by Gasteiger charge is -1.68. The fourth-order valence-corrected chi connectivity index (χ4v) is 0. The van der Waals surface area contributed by atoms with Gasteiger partial charge in [-0.3, -0.25) is 13.9 Å². The zero-order valence-electron chi connectivity index (χ0n) is 7.38. The fraction of sp³-hybridized carbons (Fsp3) is 0. The fourth-order valence-electron chi connectivity index (χ4n) is 0. The molecule has 0 spiro atoms. The predicted octanol–water partition coefficient (Wildman–Crippen LogP) is -0.814. The molecule has 15 heavy (non-hydrogen) atoms. The first-order valence-electron chi connectivity index (χ1n) is 1.76. The highest BCUT2D eigenvalue weighted by Gasteiger charge is 1.84. The quantitative estimate of drug-likeness (QED) is 0.121. The van der Waals surface area contributed by atoms with Gasteiger partial charge in [0.2, 0.25) is 0 Å². The van der Waals surface area contributed by atoms with Crippen LogP contribution in [-0.4, -0.2) is 39.4 Å². The van der Waals surface area contributed by atoms with Gasteiger partial charge in [-0.2, -0.15) is 8.42 Å². The maximum Gasteiger partial charge on any atom is 0.394 e. The van der Waals surface area contributed by atoms with Crippen molar-refractivity contribution in [2.24, 2.45) is 0 Å². The second-order valence-electron chi connectivity index (χ2n) is 0.791. The molecule has 0 unspecified atom stereocenters. The standard InChI is InChI=1S/CH2O2.HNO3.3H3N.H2O4S/c2-1-3;2-1(3)4;;;;1-5(2,3)4/h1H,(H,2,3);(H,2,3,4);3*1H3;(H2,1,2,3,4). The average molecular weight is 258 g/mol. The van der Waals surface area contributed by atoms with Gasteiger partial charge in [0.05, 0.1) is 0 Å². The van der Waals surface area contributed by atoms with Crippen LogP contribution in [0.2, 0.25) is 0 Å². The molecule has 0 aliphatic heterocycles. The Morgan fingerprint density at radius 3 is 1.13 bits per heavy atom. The Labute approximate surface area is 84.1 Å². The Hall–Kier alpha value is -1.58. The van der Waals surface area contributed by atoms with Crippen molar-refractivity contribution in [3.63, 3.8) is 0 Å². The third-order valence-corrected chi connectivity index (χ3v) is 0. The summed E-state index contributed by atoms with van der Waals surface area (Å²) in [5.41, 5.74) is 0. The molecule has 14 heteroatoms. The van der Waals surface area contributed by atoms with Crippen LogP contribution in [0, 0.1) is 10.1 Å². The van der Waals surface area contributed by atoms with Gasteiger partial charge in [-0.05, 0) is 0 Å². The third-order valence-electron chi connectivity index (χ3n) is 0.